The lowest BCUT2D eigenvalue weighted by Gasteiger charge is -2.13. The van der Waals surface area contributed by atoms with Crippen molar-refractivity contribution in [1.29, 1.82) is 0 Å². The predicted molar refractivity (Wildman–Crippen MR) is 51.5 cm³/mol. The Morgan fingerprint density at radius 3 is 2.33 bits per heavy atom. The number of rotatable bonds is 3. The molecule has 0 fully saturated rings. The first-order valence-electron chi connectivity index (χ1n) is 4.30. The Hall–Kier alpha value is -0.860. The average Bonchev–Trinajstić information content (AvgIpc) is 2.10. The Bertz CT molecular complexity index is 224. The van der Waals surface area contributed by atoms with E-state index >= 15 is 0 Å². The first-order chi connectivity index (χ1) is 5.77. The summed E-state index contributed by atoms with van der Waals surface area (Å²) in [6.45, 7) is 4.20. The molecule has 0 aliphatic heterocycles. The van der Waals surface area contributed by atoms with Crippen molar-refractivity contribution in [2.24, 2.45) is 5.84 Å². The van der Waals surface area contributed by atoms with E-state index in [1.165, 1.54) is 11.1 Å². The summed E-state index contributed by atoms with van der Waals surface area (Å²) < 4.78 is 0. The van der Waals surface area contributed by atoms with Crippen LogP contribution in [0.1, 0.15) is 30.5 Å². The van der Waals surface area contributed by atoms with Crippen LogP contribution in [0.2, 0.25) is 0 Å². The van der Waals surface area contributed by atoms with E-state index in [1.54, 1.807) is 0 Å². The third kappa shape index (κ3) is 2.06. The molecule has 0 aliphatic carbocycles. The summed E-state index contributed by atoms with van der Waals surface area (Å²) in [6, 6.07) is 8.72. The van der Waals surface area contributed by atoms with Crippen molar-refractivity contribution in [2.45, 2.75) is 26.3 Å². The van der Waals surface area contributed by atoms with Gasteiger partial charge >= 0.3 is 0 Å². The lowest BCUT2D eigenvalue weighted by Crippen LogP contribution is -2.27. The summed E-state index contributed by atoms with van der Waals surface area (Å²) in [5.41, 5.74) is 5.33. The number of hydrazine groups is 1. The fourth-order valence-corrected chi connectivity index (χ4v) is 1.25. The minimum absolute atomic E-state index is 0.283. The van der Waals surface area contributed by atoms with E-state index in [-0.39, 0.29) is 6.04 Å². The molecule has 1 aromatic rings. The van der Waals surface area contributed by atoms with E-state index in [0.29, 0.717) is 0 Å². The van der Waals surface area contributed by atoms with Gasteiger partial charge in [-0.15, -0.1) is 0 Å². The molecule has 0 spiro atoms. The normalized spacial score (nSPS) is 12.9. The summed E-state index contributed by atoms with van der Waals surface area (Å²) in [5.74, 6) is 5.40. The molecule has 1 rings (SSSR count). The van der Waals surface area contributed by atoms with E-state index < -0.39 is 0 Å². The van der Waals surface area contributed by atoms with Gasteiger partial charge in [0.25, 0.3) is 0 Å². The van der Waals surface area contributed by atoms with Gasteiger partial charge in [0, 0.05) is 6.04 Å². The van der Waals surface area contributed by atoms with Crippen molar-refractivity contribution in [3.05, 3.63) is 35.4 Å². The van der Waals surface area contributed by atoms with Gasteiger partial charge in [0.2, 0.25) is 0 Å². The van der Waals surface area contributed by atoms with E-state index in [0.717, 1.165) is 6.42 Å². The maximum atomic E-state index is 5.40. The third-order valence-corrected chi connectivity index (χ3v) is 2.09. The molecule has 3 N–H and O–H groups in total. The largest absolute Gasteiger partial charge is 0.271 e. The summed E-state index contributed by atoms with van der Waals surface area (Å²) in [4.78, 5) is 0. The summed E-state index contributed by atoms with van der Waals surface area (Å²) in [7, 11) is 0. The highest BCUT2D eigenvalue weighted by Gasteiger charge is 2.04. The van der Waals surface area contributed by atoms with Crippen LogP contribution >= 0.6 is 0 Å². The highest BCUT2D eigenvalue weighted by atomic mass is 15.2. The summed E-state index contributed by atoms with van der Waals surface area (Å²) in [6.07, 6.45) is 1.01. The van der Waals surface area contributed by atoms with Gasteiger partial charge < -0.3 is 0 Å². The monoisotopic (exact) mass is 164 g/mol. The quantitative estimate of drug-likeness (QED) is 0.529. The Morgan fingerprint density at radius 1 is 1.33 bits per heavy atom. The molecule has 0 radical (unpaired) electrons. The second-order valence-electron chi connectivity index (χ2n) is 3.04. The number of nitrogens with two attached hydrogens (primary N) is 1. The van der Waals surface area contributed by atoms with Crippen molar-refractivity contribution in [2.75, 3.05) is 0 Å². The molecule has 2 heteroatoms. The Kier molecular flexibility index (Phi) is 3.26. The first kappa shape index (κ1) is 9.23. The van der Waals surface area contributed by atoms with Crippen molar-refractivity contribution >= 4 is 0 Å². The lowest BCUT2D eigenvalue weighted by atomic mass is 10.0. The van der Waals surface area contributed by atoms with Gasteiger partial charge in [0.05, 0.1) is 0 Å². The zero-order valence-corrected chi connectivity index (χ0v) is 7.67. The van der Waals surface area contributed by atoms with E-state index in [2.05, 4.69) is 43.5 Å². The molecule has 66 valence electrons. The second kappa shape index (κ2) is 4.24. The Labute approximate surface area is 73.8 Å². The molecule has 0 saturated carbocycles. The number of aryl methyl sites for hydroxylation is 1. The van der Waals surface area contributed by atoms with Crippen LogP contribution in [0.5, 0.6) is 0 Å². The molecule has 0 bridgehead atoms. The first-order valence-corrected chi connectivity index (χ1v) is 4.30. The van der Waals surface area contributed by atoms with Crippen molar-refractivity contribution < 1.29 is 0 Å². The number of hydrogen-bond acceptors (Lipinski definition) is 2. The molecule has 0 aliphatic rings. The maximum Gasteiger partial charge on any atom is 0.0457 e. The van der Waals surface area contributed by atoms with Crippen LogP contribution in [0.15, 0.2) is 24.3 Å². The molecule has 1 aromatic carbocycles. The van der Waals surface area contributed by atoms with Crippen LogP contribution < -0.4 is 11.3 Å². The zero-order chi connectivity index (χ0) is 8.97. The standard InChI is InChI=1S/C10H16N2/c1-3-10(12-11)9-6-4-8(2)5-7-9/h4-7,10,12H,3,11H2,1-2H3/t10-/m0/s1. The topological polar surface area (TPSA) is 38.0 Å². The Morgan fingerprint density at radius 2 is 1.92 bits per heavy atom. The third-order valence-electron chi connectivity index (χ3n) is 2.09. The SMILES string of the molecule is CC[C@H](NN)c1ccc(C)cc1. The van der Waals surface area contributed by atoms with Gasteiger partial charge in [-0.3, -0.25) is 11.3 Å². The van der Waals surface area contributed by atoms with Gasteiger partial charge in [-0.25, -0.2) is 0 Å². The fourth-order valence-electron chi connectivity index (χ4n) is 1.25. The average molecular weight is 164 g/mol. The van der Waals surface area contributed by atoms with Gasteiger partial charge in [0.15, 0.2) is 0 Å². The molecule has 0 amide bonds. The molecule has 0 unspecified atom stereocenters. The van der Waals surface area contributed by atoms with E-state index in [4.69, 9.17) is 5.84 Å². The van der Waals surface area contributed by atoms with Crippen LogP contribution in [0.3, 0.4) is 0 Å². The smallest absolute Gasteiger partial charge is 0.0457 e. The van der Waals surface area contributed by atoms with Crippen molar-refractivity contribution in [3.63, 3.8) is 0 Å². The van der Waals surface area contributed by atoms with Crippen LogP contribution in [-0.2, 0) is 0 Å². The predicted octanol–water partition coefficient (Wildman–Crippen LogP) is 1.91. The zero-order valence-electron chi connectivity index (χ0n) is 7.67. The van der Waals surface area contributed by atoms with Crippen LogP contribution in [0.4, 0.5) is 0 Å². The number of nitrogens with one attached hydrogen (secondary N) is 1. The van der Waals surface area contributed by atoms with E-state index in [9.17, 15) is 0 Å². The Balaban J connectivity index is 2.80. The van der Waals surface area contributed by atoms with Crippen molar-refractivity contribution in [1.82, 2.24) is 5.43 Å². The van der Waals surface area contributed by atoms with Gasteiger partial charge in [-0.05, 0) is 18.9 Å². The van der Waals surface area contributed by atoms with Gasteiger partial charge in [-0.2, -0.15) is 0 Å². The molecule has 0 aromatic heterocycles. The van der Waals surface area contributed by atoms with Crippen LogP contribution in [-0.4, -0.2) is 0 Å². The molecule has 12 heavy (non-hydrogen) atoms. The second-order valence-corrected chi connectivity index (χ2v) is 3.04. The fraction of sp³-hybridized carbons (Fsp3) is 0.400. The van der Waals surface area contributed by atoms with Crippen LogP contribution in [0, 0.1) is 6.92 Å². The number of hydrogen-bond donors (Lipinski definition) is 2. The minimum Gasteiger partial charge on any atom is -0.271 e. The lowest BCUT2D eigenvalue weighted by molar-refractivity contribution is 0.539. The van der Waals surface area contributed by atoms with Gasteiger partial charge in [-0.1, -0.05) is 36.8 Å². The summed E-state index contributed by atoms with van der Waals surface area (Å²) >= 11 is 0. The van der Waals surface area contributed by atoms with Gasteiger partial charge in [0.1, 0.15) is 0 Å². The van der Waals surface area contributed by atoms with Crippen LogP contribution in [0.25, 0.3) is 0 Å². The highest BCUT2D eigenvalue weighted by molar-refractivity contribution is 5.23. The number of benzene rings is 1. The molecule has 0 saturated heterocycles. The molecular formula is C10H16N2. The molecular weight excluding hydrogens is 148 g/mol. The van der Waals surface area contributed by atoms with E-state index in [1.807, 2.05) is 0 Å². The summed E-state index contributed by atoms with van der Waals surface area (Å²) in [5, 5.41) is 0. The molecule has 0 heterocycles. The highest BCUT2D eigenvalue weighted by Crippen LogP contribution is 2.15. The molecule has 1 atom stereocenters. The maximum absolute atomic E-state index is 5.40. The van der Waals surface area contributed by atoms with Crippen molar-refractivity contribution in [3.8, 4) is 0 Å². The minimum atomic E-state index is 0.283. The molecule has 2 nitrogen and oxygen atoms in total.